The number of hydrogen-bond acceptors (Lipinski definition) is 7. The van der Waals surface area contributed by atoms with Gasteiger partial charge in [-0.2, -0.15) is 5.10 Å². The maximum absolute atomic E-state index is 12.0. The van der Waals surface area contributed by atoms with Crippen LogP contribution in [-0.2, 0) is 6.54 Å². The van der Waals surface area contributed by atoms with Crippen molar-refractivity contribution in [3.8, 4) is 0 Å². The van der Waals surface area contributed by atoms with Crippen LogP contribution in [-0.4, -0.2) is 40.1 Å². The Kier molecular flexibility index (Phi) is 4.67. The van der Waals surface area contributed by atoms with Crippen LogP contribution in [0.2, 0.25) is 0 Å². The summed E-state index contributed by atoms with van der Waals surface area (Å²) in [4.78, 5) is 14.0. The third-order valence-corrected chi connectivity index (χ3v) is 3.72. The lowest BCUT2D eigenvalue weighted by atomic mass is 10.4. The summed E-state index contributed by atoms with van der Waals surface area (Å²) >= 11 is 1.43. The van der Waals surface area contributed by atoms with E-state index >= 15 is 0 Å². The quantitative estimate of drug-likeness (QED) is 0.857. The van der Waals surface area contributed by atoms with Crippen LogP contribution in [0.25, 0.3) is 0 Å². The minimum absolute atomic E-state index is 0.136. The second-order valence-corrected chi connectivity index (χ2v) is 5.32. The average Bonchev–Trinajstić information content (AvgIpc) is 2.88. The van der Waals surface area contributed by atoms with Crippen LogP contribution in [0.5, 0.6) is 0 Å². The van der Waals surface area contributed by atoms with Crippen LogP contribution >= 0.6 is 11.3 Å². The first kappa shape index (κ1) is 14.4. The van der Waals surface area contributed by atoms with Crippen molar-refractivity contribution in [2.24, 2.45) is 0 Å². The highest BCUT2D eigenvalue weighted by Crippen LogP contribution is 2.15. The molecule has 2 aromatic rings. The molecular formula is C12H18N6OS. The van der Waals surface area contributed by atoms with E-state index in [1.165, 1.54) is 16.0 Å². The summed E-state index contributed by atoms with van der Waals surface area (Å²) in [6.45, 7) is 5.99. The summed E-state index contributed by atoms with van der Waals surface area (Å²) in [5.74, 6) is 0. The van der Waals surface area contributed by atoms with E-state index in [0.29, 0.717) is 6.54 Å². The molecule has 0 atom stereocenters. The average molecular weight is 294 g/mol. The SMILES string of the molecule is CCNc1nnc(Cn2ncc(N(C)CC)cc2=O)s1. The van der Waals surface area contributed by atoms with Gasteiger partial charge in [-0.05, 0) is 13.8 Å². The van der Waals surface area contributed by atoms with E-state index in [1.54, 1.807) is 12.3 Å². The highest BCUT2D eigenvalue weighted by Gasteiger charge is 2.07. The zero-order valence-corrected chi connectivity index (χ0v) is 12.6. The molecule has 0 fully saturated rings. The summed E-state index contributed by atoms with van der Waals surface area (Å²) in [6, 6.07) is 1.59. The molecule has 108 valence electrons. The van der Waals surface area contributed by atoms with E-state index < -0.39 is 0 Å². The van der Waals surface area contributed by atoms with Crippen LogP contribution in [0.3, 0.4) is 0 Å². The van der Waals surface area contributed by atoms with Gasteiger partial charge >= 0.3 is 0 Å². The van der Waals surface area contributed by atoms with Gasteiger partial charge in [-0.1, -0.05) is 11.3 Å². The maximum atomic E-state index is 12.0. The molecule has 20 heavy (non-hydrogen) atoms. The van der Waals surface area contributed by atoms with Crippen LogP contribution in [0.4, 0.5) is 10.8 Å². The van der Waals surface area contributed by atoms with Crippen molar-refractivity contribution in [3.63, 3.8) is 0 Å². The highest BCUT2D eigenvalue weighted by atomic mass is 32.1. The molecule has 0 radical (unpaired) electrons. The monoisotopic (exact) mass is 294 g/mol. The Morgan fingerprint density at radius 2 is 2.20 bits per heavy atom. The molecule has 0 saturated carbocycles. The first-order chi connectivity index (χ1) is 9.63. The molecule has 0 aromatic carbocycles. The molecule has 0 spiro atoms. The Balaban J connectivity index is 2.15. The second-order valence-electron chi connectivity index (χ2n) is 4.26. The third-order valence-electron chi connectivity index (χ3n) is 2.85. The Hall–Kier alpha value is -1.96. The number of rotatable bonds is 6. The number of nitrogens with one attached hydrogen (secondary N) is 1. The van der Waals surface area contributed by atoms with Crippen LogP contribution in [0.15, 0.2) is 17.1 Å². The number of nitrogens with zero attached hydrogens (tertiary/aromatic N) is 5. The van der Waals surface area contributed by atoms with Gasteiger partial charge in [0.05, 0.1) is 18.4 Å². The molecule has 0 bridgehead atoms. The fourth-order valence-electron chi connectivity index (χ4n) is 1.60. The molecule has 8 heteroatoms. The van der Waals surface area contributed by atoms with Gasteiger partial charge in [-0.25, -0.2) is 4.68 Å². The van der Waals surface area contributed by atoms with Gasteiger partial charge in [-0.3, -0.25) is 4.79 Å². The topological polar surface area (TPSA) is 75.9 Å². The fraction of sp³-hybridized carbons (Fsp3) is 0.500. The molecule has 2 aromatic heterocycles. The van der Waals surface area contributed by atoms with Crippen molar-refractivity contribution in [2.75, 3.05) is 30.4 Å². The van der Waals surface area contributed by atoms with Crippen molar-refractivity contribution in [2.45, 2.75) is 20.4 Å². The molecule has 1 N–H and O–H groups in total. The Morgan fingerprint density at radius 3 is 2.85 bits per heavy atom. The molecule has 0 aliphatic heterocycles. The lowest BCUT2D eigenvalue weighted by Gasteiger charge is -2.15. The molecule has 2 heterocycles. The van der Waals surface area contributed by atoms with E-state index in [9.17, 15) is 4.79 Å². The Labute approximate surface area is 121 Å². The van der Waals surface area contributed by atoms with E-state index in [1.807, 2.05) is 25.8 Å². The molecule has 0 unspecified atom stereocenters. The standard InChI is InChI=1S/C12H18N6OS/c1-4-13-12-16-15-10(20-12)8-18-11(19)6-9(7-14-18)17(3)5-2/h6-7H,4-5,8H2,1-3H3,(H,13,16). The molecule has 0 aliphatic rings. The summed E-state index contributed by atoms with van der Waals surface area (Å²) in [5, 5.41) is 16.8. The smallest absolute Gasteiger partial charge is 0.269 e. The summed E-state index contributed by atoms with van der Waals surface area (Å²) < 4.78 is 1.39. The Bertz CT molecular complexity index is 622. The van der Waals surface area contributed by atoms with Gasteiger partial charge in [0.2, 0.25) is 5.13 Å². The zero-order valence-electron chi connectivity index (χ0n) is 11.8. The van der Waals surface area contributed by atoms with Crippen LogP contribution in [0, 0.1) is 0 Å². The highest BCUT2D eigenvalue weighted by molar-refractivity contribution is 7.15. The minimum atomic E-state index is -0.136. The predicted octanol–water partition coefficient (Wildman–Crippen LogP) is 1.03. The molecule has 7 nitrogen and oxygen atoms in total. The minimum Gasteiger partial charge on any atom is -0.373 e. The predicted molar refractivity (Wildman–Crippen MR) is 80.6 cm³/mol. The fourth-order valence-corrected chi connectivity index (χ4v) is 2.39. The van der Waals surface area contributed by atoms with Crippen molar-refractivity contribution in [1.82, 2.24) is 20.0 Å². The van der Waals surface area contributed by atoms with Crippen molar-refractivity contribution >= 4 is 22.2 Å². The summed E-state index contributed by atoms with van der Waals surface area (Å²) in [7, 11) is 1.92. The Morgan fingerprint density at radius 1 is 1.40 bits per heavy atom. The summed E-state index contributed by atoms with van der Waals surface area (Å²) in [6.07, 6.45) is 1.69. The molecule has 2 rings (SSSR count). The lowest BCUT2D eigenvalue weighted by molar-refractivity contribution is 0.631. The number of hydrogen-bond donors (Lipinski definition) is 1. The van der Waals surface area contributed by atoms with Gasteiger partial charge in [0, 0.05) is 26.2 Å². The zero-order chi connectivity index (χ0) is 14.5. The van der Waals surface area contributed by atoms with Gasteiger partial charge in [0.15, 0.2) is 0 Å². The lowest BCUT2D eigenvalue weighted by Crippen LogP contribution is -2.25. The van der Waals surface area contributed by atoms with Gasteiger partial charge in [0.25, 0.3) is 5.56 Å². The first-order valence-corrected chi connectivity index (χ1v) is 7.30. The molecule has 0 aliphatic carbocycles. The van der Waals surface area contributed by atoms with Crippen molar-refractivity contribution in [1.29, 1.82) is 0 Å². The number of aromatic nitrogens is 4. The molecule has 0 amide bonds. The van der Waals surface area contributed by atoms with Crippen molar-refractivity contribution in [3.05, 3.63) is 27.6 Å². The molecule has 0 saturated heterocycles. The van der Waals surface area contributed by atoms with E-state index in [2.05, 4.69) is 20.6 Å². The van der Waals surface area contributed by atoms with Crippen LogP contribution in [0.1, 0.15) is 18.9 Å². The van der Waals surface area contributed by atoms with E-state index in [-0.39, 0.29) is 5.56 Å². The molecular weight excluding hydrogens is 276 g/mol. The number of anilines is 2. The maximum Gasteiger partial charge on any atom is 0.269 e. The van der Waals surface area contributed by atoms with Gasteiger partial charge in [0.1, 0.15) is 5.01 Å². The van der Waals surface area contributed by atoms with Crippen LogP contribution < -0.4 is 15.8 Å². The van der Waals surface area contributed by atoms with Crippen molar-refractivity contribution < 1.29 is 0 Å². The third kappa shape index (κ3) is 3.32. The van der Waals surface area contributed by atoms with Gasteiger partial charge in [-0.15, -0.1) is 10.2 Å². The van der Waals surface area contributed by atoms with Gasteiger partial charge < -0.3 is 10.2 Å². The first-order valence-electron chi connectivity index (χ1n) is 6.48. The van der Waals surface area contributed by atoms with E-state index in [4.69, 9.17) is 0 Å². The summed E-state index contributed by atoms with van der Waals surface area (Å²) in [5.41, 5.74) is 0.683. The normalized spacial score (nSPS) is 10.6. The second kappa shape index (κ2) is 6.47. The van der Waals surface area contributed by atoms with E-state index in [0.717, 1.165) is 28.9 Å². The largest absolute Gasteiger partial charge is 0.373 e.